The highest BCUT2D eigenvalue weighted by Crippen LogP contribution is 2.38. The highest BCUT2D eigenvalue weighted by molar-refractivity contribution is 6.30. The van der Waals surface area contributed by atoms with Gasteiger partial charge in [-0.2, -0.15) is 0 Å². The summed E-state index contributed by atoms with van der Waals surface area (Å²) in [5, 5.41) is 14.0. The van der Waals surface area contributed by atoms with E-state index < -0.39 is 0 Å². The molecule has 2 aliphatic rings. The van der Waals surface area contributed by atoms with Crippen LogP contribution in [0.3, 0.4) is 0 Å². The lowest BCUT2D eigenvalue weighted by Crippen LogP contribution is -2.24. The van der Waals surface area contributed by atoms with E-state index in [2.05, 4.69) is 22.4 Å². The van der Waals surface area contributed by atoms with Crippen molar-refractivity contribution in [3.05, 3.63) is 63.4 Å². The van der Waals surface area contributed by atoms with Crippen molar-refractivity contribution >= 4 is 42.0 Å². The summed E-state index contributed by atoms with van der Waals surface area (Å²) in [6.07, 6.45) is 5.43. The quantitative estimate of drug-likeness (QED) is 0.685. The molecule has 0 bridgehead atoms. The number of piperidine rings is 1. The van der Waals surface area contributed by atoms with Gasteiger partial charge in [-0.05, 0) is 73.7 Å². The van der Waals surface area contributed by atoms with E-state index in [9.17, 15) is 5.11 Å². The van der Waals surface area contributed by atoms with Gasteiger partial charge in [0.25, 0.3) is 0 Å². The van der Waals surface area contributed by atoms with Gasteiger partial charge >= 0.3 is 0 Å². The number of benzene rings is 1. The molecule has 4 N–H and O–H groups in total. The number of hydrogen-bond acceptors (Lipinski definition) is 3. The fraction of sp³-hybridized carbons (Fsp3) is 0.316. The number of rotatable bonds is 0. The minimum atomic E-state index is 0. The summed E-state index contributed by atoms with van der Waals surface area (Å²) in [5.74, 6) is 0.238. The third-order valence-corrected chi connectivity index (χ3v) is 4.99. The lowest BCUT2D eigenvalue weighted by Gasteiger charge is -2.21. The molecule has 7 heteroatoms. The average molecular weight is 418 g/mol. The van der Waals surface area contributed by atoms with Crippen molar-refractivity contribution < 1.29 is 10.6 Å². The van der Waals surface area contributed by atoms with Gasteiger partial charge in [-0.15, -0.1) is 24.8 Å². The van der Waals surface area contributed by atoms with Crippen LogP contribution in [0.2, 0.25) is 5.02 Å². The first kappa shape index (κ1) is 22.7. The summed E-state index contributed by atoms with van der Waals surface area (Å²) < 4.78 is 0. The van der Waals surface area contributed by atoms with Crippen LogP contribution in [-0.2, 0) is 12.8 Å². The van der Waals surface area contributed by atoms with Gasteiger partial charge in [-0.3, -0.25) is 4.98 Å². The second-order valence-corrected chi connectivity index (χ2v) is 6.67. The average Bonchev–Trinajstić information content (AvgIpc) is 2.72. The van der Waals surface area contributed by atoms with Gasteiger partial charge in [-0.25, -0.2) is 0 Å². The van der Waals surface area contributed by atoms with Crippen molar-refractivity contribution in [2.75, 3.05) is 13.1 Å². The summed E-state index contributed by atoms with van der Waals surface area (Å²) in [6, 6.07) is 8.03. The minimum absolute atomic E-state index is 0. The highest BCUT2D eigenvalue weighted by atomic mass is 35.5. The van der Waals surface area contributed by atoms with Crippen LogP contribution < -0.4 is 5.32 Å². The van der Waals surface area contributed by atoms with Gasteiger partial charge in [0, 0.05) is 10.6 Å². The van der Waals surface area contributed by atoms with E-state index in [1.54, 1.807) is 6.20 Å². The van der Waals surface area contributed by atoms with E-state index >= 15 is 0 Å². The minimum Gasteiger partial charge on any atom is -0.506 e. The smallest absolute Gasteiger partial charge is 0.134 e. The van der Waals surface area contributed by atoms with Crippen molar-refractivity contribution in [1.29, 1.82) is 0 Å². The van der Waals surface area contributed by atoms with Crippen LogP contribution in [0.25, 0.3) is 5.57 Å². The molecule has 4 rings (SSSR count). The molecule has 1 aliphatic carbocycles. The first-order valence-corrected chi connectivity index (χ1v) is 8.50. The van der Waals surface area contributed by atoms with Crippen LogP contribution in [0, 0.1) is 0 Å². The number of pyridine rings is 1. The Labute approximate surface area is 170 Å². The third kappa shape index (κ3) is 4.33. The molecule has 0 radical (unpaired) electrons. The second-order valence-electron chi connectivity index (χ2n) is 6.23. The number of fused-ring (bicyclic) bond motifs is 2. The van der Waals surface area contributed by atoms with Gasteiger partial charge in [0.1, 0.15) is 5.75 Å². The van der Waals surface area contributed by atoms with Crippen LogP contribution in [0.15, 0.2) is 36.0 Å². The molecule has 2 aromatic rings. The van der Waals surface area contributed by atoms with E-state index in [1.807, 2.05) is 12.1 Å². The summed E-state index contributed by atoms with van der Waals surface area (Å²) in [5.41, 5.74) is 7.39. The standard InChI is InChI=1S/C19H19ClN2O.2ClH.H2O/c20-15-3-4-17-13(9-15)1-2-14-10-16(23)11-22-19(14)18(17)12-5-7-21-8-6-12;;;/h3-4,9-11,21,23H,1-2,5-8H2;2*1H;1H2. The molecule has 0 amide bonds. The second kappa shape index (κ2) is 9.58. The molecule has 0 unspecified atom stereocenters. The predicted octanol–water partition coefficient (Wildman–Crippen LogP) is 3.74. The number of aromatic nitrogens is 1. The number of aryl methyl sites for hydroxylation is 2. The zero-order valence-electron chi connectivity index (χ0n) is 14.2. The molecule has 1 aromatic carbocycles. The van der Waals surface area contributed by atoms with Crippen molar-refractivity contribution in [1.82, 2.24) is 10.3 Å². The normalized spacial score (nSPS) is 15.4. The lowest BCUT2D eigenvalue weighted by molar-refractivity contribution is 0.471. The van der Waals surface area contributed by atoms with Crippen molar-refractivity contribution in [2.45, 2.75) is 25.7 Å². The first-order chi connectivity index (χ1) is 11.2. The van der Waals surface area contributed by atoms with E-state index in [0.717, 1.165) is 55.1 Å². The Kier molecular flexibility index (Phi) is 8.38. The Bertz CT molecular complexity index is 746. The van der Waals surface area contributed by atoms with E-state index in [1.165, 1.54) is 22.3 Å². The molecular weight excluding hydrogens is 395 g/mol. The van der Waals surface area contributed by atoms with Crippen molar-refractivity contribution in [3.63, 3.8) is 0 Å². The number of nitrogens with zero attached hydrogens (tertiary/aromatic N) is 1. The molecule has 1 aromatic heterocycles. The third-order valence-electron chi connectivity index (χ3n) is 4.75. The molecule has 4 nitrogen and oxygen atoms in total. The van der Waals surface area contributed by atoms with Crippen LogP contribution >= 0.6 is 36.4 Å². The zero-order valence-corrected chi connectivity index (χ0v) is 16.6. The number of halogens is 3. The number of hydrogen-bond donors (Lipinski definition) is 2. The molecule has 0 spiro atoms. The van der Waals surface area contributed by atoms with E-state index in [-0.39, 0.29) is 36.0 Å². The molecule has 0 saturated carbocycles. The summed E-state index contributed by atoms with van der Waals surface area (Å²) in [6.45, 7) is 2.02. The van der Waals surface area contributed by atoms with Crippen molar-refractivity contribution in [2.24, 2.45) is 0 Å². The largest absolute Gasteiger partial charge is 0.506 e. The maximum absolute atomic E-state index is 9.83. The van der Waals surface area contributed by atoms with Gasteiger partial charge in [0.2, 0.25) is 0 Å². The van der Waals surface area contributed by atoms with Crippen LogP contribution in [0.5, 0.6) is 5.75 Å². The summed E-state index contributed by atoms with van der Waals surface area (Å²) in [7, 11) is 0. The van der Waals surface area contributed by atoms with Gasteiger partial charge in [0.05, 0.1) is 11.9 Å². The number of nitrogens with one attached hydrogen (secondary N) is 1. The zero-order chi connectivity index (χ0) is 15.8. The maximum Gasteiger partial charge on any atom is 0.134 e. The summed E-state index contributed by atoms with van der Waals surface area (Å²) in [4.78, 5) is 4.60. The maximum atomic E-state index is 9.83. The first-order valence-electron chi connectivity index (χ1n) is 8.12. The van der Waals surface area contributed by atoms with E-state index in [4.69, 9.17) is 11.6 Å². The van der Waals surface area contributed by atoms with Crippen LogP contribution in [0.1, 0.15) is 35.2 Å². The lowest BCUT2D eigenvalue weighted by atomic mass is 9.89. The predicted molar refractivity (Wildman–Crippen MR) is 111 cm³/mol. The van der Waals surface area contributed by atoms with E-state index in [0.29, 0.717) is 0 Å². The van der Waals surface area contributed by atoms with Gasteiger partial charge in [0.15, 0.2) is 0 Å². The monoisotopic (exact) mass is 416 g/mol. The molecule has 1 aliphatic heterocycles. The Hall–Kier alpha value is -1.30. The Morgan fingerprint density at radius 1 is 0.962 bits per heavy atom. The molecular formula is C19H23Cl3N2O2. The van der Waals surface area contributed by atoms with Crippen LogP contribution in [-0.4, -0.2) is 28.7 Å². The molecule has 0 atom stereocenters. The Morgan fingerprint density at radius 3 is 2.38 bits per heavy atom. The fourth-order valence-electron chi connectivity index (χ4n) is 3.66. The van der Waals surface area contributed by atoms with Crippen LogP contribution in [0.4, 0.5) is 0 Å². The topological polar surface area (TPSA) is 76.7 Å². The number of aromatic hydroxyl groups is 1. The molecule has 142 valence electrons. The molecule has 1 saturated heterocycles. The molecule has 2 heterocycles. The molecule has 1 fully saturated rings. The van der Waals surface area contributed by atoms with Gasteiger partial charge in [-0.1, -0.05) is 23.2 Å². The Morgan fingerprint density at radius 2 is 1.65 bits per heavy atom. The highest BCUT2D eigenvalue weighted by Gasteiger charge is 2.23. The fourth-order valence-corrected chi connectivity index (χ4v) is 3.85. The van der Waals surface area contributed by atoms with Crippen molar-refractivity contribution in [3.8, 4) is 5.75 Å². The molecule has 26 heavy (non-hydrogen) atoms. The van der Waals surface area contributed by atoms with Gasteiger partial charge < -0.3 is 15.9 Å². The SMILES string of the molecule is Cl.Cl.O.Oc1cnc2c(c1)CCc1cc(Cl)ccc1C2=C1CCNCC1. The summed E-state index contributed by atoms with van der Waals surface area (Å²) >= 11 is 6.22. The Balaban J connectivity index is 0.00000113.